The van der Waals surface area contributed by atoms with E-state index in [1.165, 1.54) is 4.88 Å². The molecule has 1 aromatic heterocycles. The van der Waals surface area contributed by atoms with Gasteiger partial charge >= 0.3 is 0 Å². The van der Waals surface area contributed by atoms with Gasteiger partial charge in [-0.15, -0.1) is 11.3 Å². The van der Waals surface area contributed by atoms with Crippen molar-refractivity contribution in [1.82, 2.24) is 5.32 Å². The van der Waals surface area contributed by atoms with Crippen LogP contribution in [0.3, 0.4) is 0 Å². The number of likely N-dealkylation sites (N-methyl/N-ethyl adjacent to an activating group) is 1. The Morgan fingerprint density at radius 3 is 3.00 bits per heavy atom. The quantitative estimate of drug-likeness (QED) is 0.684. The van der Waals surface area contributed by atoms with E-state index in [1.54, 1.807) is 11.3 Å². The lowest BCUT2D eigenvalue weighted by molar-refractivity contribution is 0.616. The molecule has 3 heteroatoms. The number of hydrogen-bond acceptors (Lipinski definition) is 3. The van der Waals surface area contributed by atoms with Gasteiger partial charge in [0.15, 0.2) is 0 Å². The second-order valence-electron chi connectivity index (χ2n) is 2.09. The average Bonchev–Trinajstić information content (AvgIpc) is 2.43. The van der Waals surface area contributed by atoms with Crippen molar-refractivity contribution in [2.75, 3.05) is 13.6 Å². The first kappa shape index (κ1) is 7.72. The van der Waals surface area contributed by atoms with E-state index in [1.807, 2.05) is 13.1 Å². The minimum Gasteiger partial charge on any atom is -0.329 e. The van der Waals surface area contributed by atoms with Crippen molar-refractivity contribution in [2.24, 2.45) is 5.73 Å². The van der Waals surface area contributed by atoms with Crippen molar-refractivity contribution in [3.05, 3.63) is 22.4 Å². The number of nitrogens with one attached hydrogen (secondary N) is 1. The fourth-order valence-corrected chi connectivity index (χ4v) is 1.72. The molecule has 1 unspecified atom stereocenters. The normalized spacial score (nSPS) is 13.4. The van der Waals surface area contributed by atoms with Crippen molar-refractivity contribution in [3.63, 3.8) is 0 Å². The van der Waals surface area contributed by atoms with E-state index in [9.17, 15) is 0 Å². The van der Waals surface area contributed by atoms with Gasteiger partial charge in [0.05, 0.1) is 6.04 Å². The molecule has 0 aliphatic carbocycles. The van der Waals surface area contributed by atoms with Crippen LogP contribution in [0.4, 0.5) is 0 Å². The number of thiophene rings is 1. The van der Waals surface area contributed by atoms with Crippen LogP contribution in [0.15, 0.2) is 17.5 Å². The third kappa shape index (κ3) is 1.56. The molecule has 3 N–H and O–H groups in total. The molecule has 0 aromatic carbocycles. The zero-order chi connectivity index (χ0) is 7.40. The molecule has 2 nitrogen and oxygen atoms in total. The fourth-order valence-electron chi connectivity index (χ4n) is 0.866. The molecule has 0 fully saturated rings. The van der Waals surface area contributed by atoms with Crippen molar-refractivity contribution >= 4 is 11.3 Å². The van der Waals surface area contributed by atoms with Gasteiger partial charge in [-0.2, -0.15) is 0 Å². The first-order valence-corrected chi connectivity index (χ1v) is 4.17. The maximum atomic E-state index is 5.52. The molecule has 0 amide bonds. The summed E-state index contributed by atoms with van der Waals surface area (Å²) < 4.78 is 0. The van der Waals surface area contributed by atoms with Crippen molar-refractivity contribution < 1.29 is 0 Å². The van der Waals surface area contributed by atoms with Gasteiger partial charge in [-0.25, -0.2) is 0 Å². The monoisotopic (exact) mass is 156 g/mol. The minimum atomic E-state index is 0.333. The van der Waals surface area contributed by atoms with E-state index in [0.717, 1.165) is 0 Å². The second kappa shape index (κ2) is 3.71. The molecular formula is C7H12N2S. The molecule has 0 radical (unpaired) electrons. The molecule has 1 rings (SSSR count). The summed E-state index contributed by atoms with van der Waals surface area (Å²) in [5, 5.41) is 5.20. The maximum Gasteiger partial charge on any atom is 0.0536 e. The smallest absolute Gasteiger partial charge is 0.0536 e. The van der Waals surface area contributed by atoms with Gasteiger partial charge in [0.25, 0.3) is 0 Å². The van der Waals surface area contributed by atoms with Crippen LogP contribution in [-0.2, 0) is 0 Å². The van der Waals surface area contributed by atoms with Gasteiger partial charge < -0.3 is 11.1 Å². The third-order valence-corrected chi connectivity index (χ3v) is 2.46. The molecule has 1 atom stereocenters. The Morgan fingerprint density at radius 2 is 2.60 bits per heavy atom. The van der Waals surface area contributed by atoms with Crippen LogP contribution in [0.1, 0.15) is 10.9 Å². The molecule has 10 heavy (non-hydrogen) atoms. The maximum absolute atomic E-state index is 5.52. The van der Waals surface area contributed by atoms with Gasteiger partial charge in [-0.3, -0.25) is 0 Å². The highest BCUT2D eigenvalue weighted by atomic mass is 32.1. The number of hydrogen-bond donors (Lipinski definition) is 2. The second-order valence-corrected chi connectivity index (χ2v) is 3.07. The molecule has 0 saturated carbocycles. The topological polar surface area (TPSA) is 38.0 Å². The molecular weight excluding hydrogens is 144 g/mol. The molecule has 0 spiro atoms. The van der Waals surface area contributed by atoms with E-state index in [-0.39, 0.29) is 0 Å². The Morgan fingerprint density at radius 1 is 1.80 bits per heavy atom. The molecule has 56 valence electrons. The predicted octanol–water partition coefficient (Wildman–Crippen LogP) is 0.967. The van der Waals surface area contributed by atoms with Gasteiger partial charge in [-0.05, 0) is 18.5 Å². The molecule has 1 aromatic rings. The molecule has 0 saturated heterocycles. The van der Waals surface area contributed by atoms with Gasteiger partial charge in [0, 0.05) is 11.4 Å². The minimum absolute atomic E-state index is 0.333. The van der Waals surface area contributed by atoms with Crippen molar-refractivity contribution in [3.8, 4) is 0 Å². The van der Waals surface area contributed by atoms with Crippen LogP contribution in [0, 0.1) is 0 Å². The highest BCUT2D eigenvalue weighted by Crippen LogP contribution is 2.16. The van der Waals surface area contributed by atoms with Crippen LogP contribution in [0.5, 0.6) is 0 Å². The first-order valence-electron chi connectivity index (χ1n) is 3.29. The van der Waals surface area contributed by atoms with Crippen LogP contribution in [0.25, 0.3) is 0 Å². The van der Waals surface area contributed by atoms with Gasteiger partial charge in [0.1, 0.15) is 0 Å². The fraction of sp³-hybridized carbons (Fsp3) is 0.429. The van der Waals surface area contributed by atoms with E-state index >= 15 is 0 Å². The van der Waals surface area contributed by atoms with Crippen molar-refractivity contribution in [1.29, 1.82) is 0 Å². The molecule has 0 aliphatic heterocycles. The van der Waals surface area contributed by atoms with Gasteiger partial charge in [0.2, 0.25) is 0 Å². The molecule has 1 heterocycles. The van der Waals surface area contributed by atoms with Crippen LogP contribution in [-0.4, -0.2) is 13.6 Å². The summed E-state index contributed by atoms with van der Waals surface area (Å²) in [5.74, 6) is 0. The summed E-state index contributed by atoms with van der Waals surface area (Å²) in [6, 6.07) is 4.47. The van der Waals surface area contributed by atoms with E-state index in [2.05, 4.69) is 16.8 Å². The zero-order valence-electron chi connectivity index (χ0n) is 6.00. The van der Waals surface area contributed by atoms with Crippen LogP contribution >= 0.6 is 11.3 Å². The predicted molar refractivity (Wildman–Crippen MR) is 45.2 cm³/mol. The Bertz CT molecular complexity index is 168. The molecule has 0 aliphatic rings. The Hall–Kier alpha value is -0.380. The Balaban J connectivity index is 2.64. The summed E-state index contributed by atoms with van der Waals surface area (Å²) in [6.45, 7) is 0.664. The molecule has 0 bridgehead atoms. The van der Waals surface area contributed by atoms with Crippen LogP contribution in [0.2, 0.25) is 0 Å². The number of rotatable bonds is 3. The van der Waals surface area contributed by atoms with Crippen LogP contribution < -0.4 is 11.1 Å². The summed E-state index contributed by atoms with van der Waals surface area (Å²) in [6.07, 6.45) is 0. The Labute approximate surface area is 65.1 Å². The average molecular weight is 156 g/mol. The lowest BCUT2D eigenvalue weighted by atomic mass is 10.2. The third-order valence-electron chi connectivity index (χ3n) is 1.47. The SMILES string of the molecule is CNC(CN)c1cccs1. The first-order chi connectivity index (χ1) is 4.88. The lowest BCUT2D eigenvalue weighted by Gasteiger charge is -2.09. The highest BCUT2D eigenvalue weighted by Gasteiger charge is 2.05. The van der Waals surface area contributed by atoms with E-state index < -0.39 is 0 Å². The zero-order valence-corrected chi connectivity index (χ0v) is 6.82. The van der Waals surface area contributed by atoms with E-state index in [0.29, 0.717) is 12.6 Å². The van der Waals surface area contributed by atoms with Gasteiger partial charge in [-0.1, -0.05) is 6.07 Å². The Kier molecular flexibility index (Phi) is 2.86. The highest BCUT2D eigenvalue weighted by molar-refractivity contribution is 7.10. The lowest BCUT2D eigenvalue weighted by Crippen LogP contribution is -2.23. The summed E-state index contributed by atoms with van der Waals surface area (Å²) >= 11 is 1.74. The summed E-state index contributed by atoms with van der Waals surface area (Å²) in [4.78, 5) is 1.31. The summed E-state index contributed by atoms with van der Waals surface area (Å²) in [7, 11) is 1.93. The standard InChI is InChI=1S/C7H12N2S/c1-9-6(5-8)7-3-2-4-10-7/h2-4,6,9H,5,8H2,1H3. The van der Waals surface area contributed by atoms with E-state index in [4.69, 9.17) is 5.73 Å². The van der Waals surface area contributed by atoms with Crippen molar-refractivity contribution in [2.45, 2.75) is 6.04 Å². The number of nitrogens with two attached hydrogens (primary N) is 1. The largest absolute Gasteiger partial charge is 0.329 e. The summed E-state index contributed by atoms with van der Waals surface area (Å²) in [5.41, 5.74) is 5.52.